The molecule has 1 heterocycles. The summed E-state index contributed by atoms with van der Waals surface area (Å²) in [5, 5.41) is 5.79. The number of alkyl halides is 4. The summed E-state index contributed by atoms with van der Waals surface area (Å²) < 4.78 is 71.7. The van der Waals surface area contributed by atoms with E-state index in [0.717, 1.165) is 16.8 Å². The fourth-order valence-corrected chi connectivity index (χ4v) is 2.75. The van der Waals surface area contributed by atoms with Crippen LogP contribution in [0.15, 0.2) is 54.0 Å². The molecule has 1 aliphatic rings. The van der Waals surface area contributed by atoms with E-state index >= 15 is 0 Å². The number of nitrogens with zero attached hydrogens (tertiary/aromatic N) is 2. The van der Waals surface area contributed by atoms with E-state index in [4.69, 9.17) is 16.3 Å². The zero-order chi connectivity index (χ0) is 21.2. The van der Waals surface area contributed by atoms with Gasteiger partial charge in [0.05, 0.1) is 10.7 Å². The highest BCUT2D eigenvalue weighted by molar-refractivity contribution is 6.32. The summed E-state index contributed by atoms with van der Waals surface area (Å²) in [6.07, 6.45) is -4.81. The molecule has 0 bridgehead atoms. The van der Waals surface area contributed by atoms with Gasteiger partial charge in [-0.3, -0.25) is 4.79 Å². The number of hydrogen-bond donors (Lipinski definition) is 1. The monoisotopic (exact) mass is 433 g/mol. The van der Waals surface area contributed by atoms with Crippen LogP contribution in [0.2, 0.25) is 5.02 Å². The van der Waals surface area contributed by atoms with Gasteiger partial charge in [0.15, 0.2) is 12.3 Å². The Hall–Kier alpha value is -2.88. The number of rotatable bonds is 5. The second-order valence-corrected chi connectivity index (χ2v) is 6.41. The predicted molar refractivity (Wildman–Crippen MR) is 94.0 cm³/mol. The molecule has 2 aromatic rings. The van der Waals surface area contributed by atoms with Gasteiger partial charge in [-0.05, 0) is 24.3 Å². The minimum absolute atomic E-state index is 0.106. The number of carbonyl (C=O) groups excluding carboxylic acids is 1. The Morgan fingerprint density at radius 1 is 1.34 bits per heavy atom. The van der Waals surface area contributed by atoms with E-state index in [1.165, 1.54) is 18.2 Å². The molecule has 154 valence electrons. The van der Waals surface area contributed by atoms with Crippen molar-refractivity contribution >= 4 is 17.5 Å². The first-order valence-electron chi connectivity index (χ1n) is 8.20. The van der Waals surface area contributed by atoms with Crippen molar-refractivity contribution in [3.05, 3.63) is 64.7 Å². The van der Waals surface area contributed by atoms with Crippen LogP contribution in [0.5, 0.6) is 5.88 Å². The van der Waals surface area contributed by atoms with E-state index in [1.54, 1.807) is 6.07 Å². The highest BCUT2D eigenvalue weighted by Crippen LogP contribution is 2.33. The summed E-state index contributed by atoms with van der Waals surface area (Å²) in [7, 11) is 0. The number of benzene rings is 1. The summed E-state index contributed by atoms with van der Waals surface area (Å²) in [5.41, 5.74) is -1.24. The molecule has 1 N–H and O–H groups in total. The van der Waals surface area contributed by atoms with Crippen LogP contribution in [-0.2, 0) is 11.0 Å². The zero-order valence-electron chi connectivity index (χ0n) is 14.5. The summed E-state index contributed by atoms with van der Waals surface area (Å²) >= 11 is 6.01. The minimum Gasteiger partial charge on any atom is -0.467 e. The molecule has 0 radical (unpaired) electrons. The molecule has 0 fully saturated rings. The Balaban J connectivity index is 1.79. The Bertz CT molecular complexity index is 984. The van der Waals surface area contributed by atoms with Gasteiger partial charge in [0, 0.05) is 18.2 Å². The molecule has 29 heavy (non-hydrogen) atoms. The molecular formula is C18H13ClF5N3O2. The summed E-state index contributed by atoms with van der Waals surface area (Å²) in [6, 6.07) is 6.61. The van der Waals surface area contributed by atoms with E-state index in [2.05, 4.69) is 10.4 Å². The van der Waals surface area contributed by atoms with Crippen molar-refractivity contribution in [1.82, 2.24) is 15.1 Å². The number of amides is 1. The number of hydrogen-bond acceptors (Lipinski definition) is 3. The molecule has 11 heteroatoms. The molecule has 0 aliphatic heterocycles. The summed E-state index contributed by atoms with van der Waals surface area (Å²) in [4.78, 5) is 12.0. The van der Waals surface area contributed by atoms with Crippen molar-refractivity contribution in [3.8, 4) is 11.6 Å². The maximum atomic E-state index is 13.3. The molecular weight excluding hydrogens is 421 g/mol. The molecule has 1 aromatic carbocycles. The fourth-order valence-electron chi connectivity index (χ4n) is 2.53. The average molecular weight is 434 g/mol. The lowest BCUT2D eigenvalue weighted by Crippen LogP contribution is -2.29. The molecule has 5 nitrogen and oxygen atoms in total. The number of ether oxygens (including phenoxy) is 1. The smallest absolute Gasteiger partial charge is 0.435 e. The van der Waals surface area contributed by atoms with Gasteiger partial charge >= 0.3 is 6.18 Å². The van der Waals surface area contributed by atoms with Crippen LogP contribution in [0.25, 0.3) is 5.69 Å². The van der Waals surface area contributed by atoms with Crippen LogP contribution in [0.3, 0.4) is 0 Å². The lowest BCUT2D eigenvalue weighted by atomic mass is 10.1. The quantitative estimate of drug-likeness (QED) is 0.705. The van der Waals surface area contributed by atoms with Crippen LogP contribution < -0.4 is 10.1 Å². The van der Waals surface area contributed by atoms with Crippen LogP contribution in [0, 0.1) is 0 Å². The number of nitrogens with one attached hydrogen (secondary N) is 1. The third-order valence-electron chi connectivity index (χ3n) is 3.75. The van der Waals surface area contributed by atoms with Crippen LogP contribution in [0.4, 0.5) is 22.0 Å². The molecule has 3 rings (SSSR count). The van der Waals surface area contributed by atoms with Crippen LogP contribution in [-0.4, -0.2) is 28.5 Å². The first kappa shape index (κ1) is 20.8. The predicted octanol–water partition coefficient (Wildman–Crippen LogP) is 4.52. The van der Waals surface area contributed by atoms with E-state index in [-0.39, 0.29) is 22.3 Å². The second kappa shape index (κ2) is 8.24. The third kappa shape index (κ3) is 5.14. The standard InChI is InChI=1S/C18H13ClF5N3O2/c19-13-3-1-2-4-14(13)27-17(8-15(26-27)18(22,23)24)29-9-16(28)25-12-6-10(20)5-11(21)7-12/h1-4,6-8,10H,5,9H2,(H,25,28). The molecule has 1 amide bonds. The maximum absolute atomic E-state index is 13.3. The Labute approximate surface area is 166 Å². The van der Waals surface area contributed by atoms with E-state index in [0.29, 0.717) is 6.07 Å². The number of halogens is 6. The van der Waals surface area contributed by atoms with E-state index < -0.39 is 42.8 Å². The zero-order valence-corrected chi connectivity index (χ0v) is 15.3. The highest BCUT2D eigenvalue weighted by atomic mass is 35.5. The van der Waals surface area contributed by atoms with Crippen LogP contribution in [0.1, 0.15) is 12.1 Å². The largest absolute Gasteiger partial charge is 0.467 e. The molecule has 1 aliphatic carbocycles. The lowest BCUT2D eigenvalue weighted by molar-refractivity contribution is -0.141. The molecule has 0 saturated heterocycles. The Morgan fingerprint density at radius 2 is 2.07 bits per heavy atom. The highest BCUT2D eigenvalue weighted by Gasteiger charge is 2.36. The summed E-state index contributed by atoms with van der Waals surface area (Å²) in [6.45, 7) is -0.725. The third-order valence-corrected chi connectivity index (χ3v) is 4.06. The molecule has 1 unspecified atom stereocenters. The number of aromatic nitrogens is 2. The van der Waals surface area contributed by atoms with E-state index in [9.17, 15) is 26.7 Å². The second-order valence-electron chi connectivity index (χ2n) is 6.00. The summed E-state index contributed by atoms with van der Waals surface area (Å²) in [5.74, 6) is -1.96. The van der Waals surface area contributed by atoms with Crippen molar-refractivity contribution in [1.29, 1.82) is 0 Å². The maximum Gasteiger partial charge on any atom is 0.435 e. The van der Waals surface area contributed by atoms with Gasteiger partial charge in [-0.2, -0.15) is 23.0 Å². The van der Waals surface area contributed by atoms with Gasteiger partial charge in [-0.15, -0.1) is 0 Å². The lowest BCUT2D eigenvalue weighted by Gasteiger charge is -2.14. The van der Waals surface area contributed by atoms with Gasteiger partial charge in [-0.25, -0.2) is 8.78 Å². The SMILES string of the molecule is O=C(COc1cc(C(F)(F)F)nn1-c1ccccc1Cl)NC1=CC(F)CC(F)=C1. The fraction of sp³-hybridized carbons (Fsp3) is 0.222. The molecule has 0 spiro atoms. The molecule has 1 aromatic heterocycles. The van der Waals surface area contributed by atoms with Crippen LogP contribution >= 0.6 is 11.6 Å². The van der Waals surface area contributed by atoms with E-state index in [1.807, 2.05) is 0 Å². The number of para-hydroxylation sites is 1. The van der Waals surface area contributed by atoms with Crippen molar-refractivity contribution in [2.45, 2.75) is 18.8 Å². The number of carbonyl (C=O) groups is 1. The topological polar surface area (TPSA) is 56.1 Å². The average Bonchev–Trinajstić information content (AvgIpc) is 3.04. The Morgan fingerprint density at radius 3 is 2.72 bits per heavy atom. The van der Waals surface area contributed by atoms with Crippen molar-refractivity contribution in [2.24, 2.45) is 0 Å². The van der Waals surface area contributed by atoms with Gasteiger partial charge in [0.1, 0.15) is 12.0 Å². The van der Waals surface area contributed by atoms with Crippen molar-refractivity contribution in [2.75, 3.05) is 6.61 Å². The first-order chi connectivity index (χ1) is 13.6. The molecule has 0 saturated carbocycles. The van der Waals surface area contributed by atoms with Crippen molar-refractivity contribution < 1.29 is 31.5 Å². The minimum atomic E-state index is -4.75. The number of allylic oxidation sites excluding steroid dienone is 3. The normalized spacial score (nSPS) is 16.8. The first-order valence-corrected chi connectivity index (χ1v) is 8.58. The van der Waals surface area contributed by atoms with Gasteiger partial charge in [-0.1, -0.05) is 23.7 Å². The Kier molecular flexibility index (Phi) is 5.92. The van der Waals surface area contributed by atoms with Crippen molar-refractivity contribution in [3.63, 3.8) is 0 Å². The molecule has 1 atom stereocenters. The van der Waals surface area contributed by atoms with Gasteiger partial charge in [0.2, 0.25) is 5.88 Å². The van der Waals surface area contributed by atoms with Gasteiger partial charge in [0.25, 0.3) is 5.91 Å². The van der Waals surface area contributed by atoms with Gasteiger partial charge < -0.3 is 10.1 Å².